The van der Waals surface area contributed by atoms with Crippen molar-refractivity contribution in [2.24, 2.45) is 0 Å². The van der Waals surface area contributed by atoms with Gasteiger partial charge in [-0.05, 0) is 71.5 Å². The number of benzene rings is 4. The largest absolute Gasteiger partial charge is 0.496 e. The number of nitrogens with zero attached hydrogens (tertiary/aromatic N) is 2. The second kappa shape index (κ2) is 11.3. The zero-order valence-electron chi connectivity index (χ0n) is 24.1. The summed E-state index contributed by atoms with van der Waals surface area (Å²) in [5.41, 5.74) is 6.41. The van der Waals surface area contributed by atoms with Crippen molar-refractivity contribution in [2.45, 2.75) is 24.7 Å². The maximum atomic E-state index is 14.1. The third kappa shape index (κ3) is 4.83. The van der Waals surface area contributed by atoms with Gasteiger partial charge in [0.15, 0.2) is 0 Å². The molecule has 0 aliphatic carbocycles. The summed E-state index contributed by atoms with van der Waals surface area (Å²) in [7, 11) is 1.50. The number of halogens is 1. The maximum Gasteiger partial charge on any atom is 0.335 e. The molecule has 0 radical (unpaired) electrons. The van der Waals surface area contributed by atoms with Crippen LogP contribution in [0.4, 0.5) is 16.2 Å². The summed E-state index contributed by atoms with van der Waals surface area (Å²) < 4.78 is 5.43. The van der Waals surface area contributed by atoms with E-state index in [0.29, 0.717) is 22.0 Å². The van der Waals surface area contributed by atoms with E-state index in [2.05, 4.69) is 34.5 Å². The van der Waals surface area contributed by atoms with E-state index in [0.717, 1.165) is 42.0 Å². The monoisotopic (exact) mass is 603 g/mol. The van der Waals surface area contributed by atoms with Crippen LogP contribution in [0.1, 0.15) is 52.5 Å². The molecule has 4 aromatic carbocycles. The van der Waals surface area contributed by atoms with Gasteiger partial charge in [0, 0.05) is 41.2 Å². The van der Waals surface area contributed by atoms with Crippen molar-refractivity contribution in [3.8, 4) is 5.75 Å². The van der Waals surface area contributed by atoms with Gasteiger partial charge in [-0.25, -0.2) is 9.69 Å². The van der Waals surface area contributed by atoms with E-state index in [9.17, 15) is 14.4 Å². The number of ether oxygens (including phenoxy) is 1. The number of nitrogens with one attached hydrogen (secondary N) is 1. The minimum Gasteiger partial charge on any atom is -0.496 e. The molecule has 2 atom stereocenters. The molecule has 0 saturated carbocycles. The van der Waals surface area contributed by atoms with Gasteiger partial charge in [-0.3, -0.25) is 14.9 Å². The minimum absolute atomic E-state index is 0.0889. The van der Waals surface area contributed by atoms with Crippen LogP contribution in [0.25, 0.3) is 6.08 Å². The lowest BCUT2D eigenvalue weighted by molar-refractivity contribution is -0.122. The van der Waals surface area contributed by atoms with Crippen molar-refractivity contribution in [3.05, 3.63) is 129 Å². The van der Waals surface area contributed by atoms with E-state index >= 15 is 0 Å². The highest BCUT2D eigenvalue weighted by Gasteiger charge is 2.40. The molecule has 3 heterocycles. The smallest absolute Gasteiger partial charge is 0.335 e. The predicted molar refractivity (Wildman–Crippen MR) is 171 cm³/mol. The number of hydrogen-bond acceptors (Lipinski definition) is 5. The quantitative estimate of drug-likeness (QED) is 0.198. The van der Waals surface area contributed by atoms with Gasteiger partial charge in [-0.2, -0.15) is 0 Å². The number of urea groups is 1. The van der Waals surface area contributed by atoms with Gasteiger partial charge >= 0.3 is 6.03 Å². The normalized spacial score (nSPS) is 20.4. The zero-order valence-corrected chi connectivity index (χ0v) is 24.9. The zero-order chi connectivity index (χ0) is 30.4. The molecule has 0 unspecified atom stereocenters. The molecule has 0 spiro atoms. The average Bonchev–Trinajstić information content (AvgIpc) is 3.04. The highest BCUT2D eigenvalue weighted by atomic mass is 35.5. The third-order valence-corrected chi connectivity index (χ3v) is 9.09. The summed E-state index contributed by atoms with van der Waals surface area (Å²) >= 11 is 6.22. The fraction of sp³-hybridized carbons (Fsp3) is 0.194. The molecule has 4 amide bonds. The lowest BCUT2D eigenvalue weighted by Gasteiger charge is -2.44. The summed E-state index contributed by atoms with van der Waals surface area (Å²) in [4.78, 5) is 44.1. The number of carbonyl (C=O) groups excluding carboxylic acids is 3. The molecule has 220 valence electrons. The first-order valence-electron chi connectivity index (χ1n) is 14.7. The van der Waals surface area contributed by atoms with Crippen molar-refractivity contribution >= 4 is 46.9 Å². The molecule has 1 N–H and O–H groups in total. The van der Waals surface area contributed by atoms with Crippen LogP contribution in [0.2, 0.25) is 5.02 Å². The van der Waals surface area contributed by atoms with Crippen LogP contribution >= 0.6 is 11.6 Å². The SMILES string of the molecule is COc1ccc(Cl)cc1/C=C1\C(=O)NC(=O)N(c2cc3c4c(c2)[C@H](c2ccccc2)CCN4CC[C@@H]3c2ccccc2)C1=O. The Labute approximate surface area is 260 Å². The number of anilines is 2. The highest BCUT2D eigenvalue weighted by Crippen LogP contribution is 2.50. The predicted octanol–water partition coefficient (Wildman–Crippen LogP) is 6.89. The van der Waals surface area contributed by atoms with Crippen LogP contribution in [0.3, 0.4) is 0 Å². The van der Waals surface area contributed by atoms with Crippen LogP contribution in [0.5, 0.6) is 5.75 Å². The third-order valence-electron chi connectivity index (χ3n) is 8.85. The van der Waals surface area contributed by atoms with Crippen molar-refractivity contribution in [3.63, 3.8) is 0 Å². The molecule has 1 fully saturated rings. The van der Waals surface area contributed by atoms with E-state index in [4.69, 9.17) is 16.3 Å². The first kappa shape index (κ1) is 27.9. The summed E-state index contributed by atoms with van der Waals surface area (Å²) in [6.07, 6.45) is 3.24. The molecule has 3 aliphatic rings. The van der Waals surface area contributed by atoms with E-state index < -0.39 is 17.8 Å². The minimum atomic E-state index is -0.779. The van der Waals surface area contributed by atoms with Gasteiger partial charge < -0.3 is 9.64 Å². The molecule has 8 heteroatoms. The maximum absolute atomic E-state index is 14.1. The summed E-state index contributed by atoms with van der Waals surface area (Å²) in [6, 6.07) is 28.8. The Kier molecular flexibility index (Phi) is 7.18. The average molecular weight is 604 g/mol. The first-order chi connectivity index (χ1) is 21.4. The second-order valence-corrected chi connectivity index (χ2v) is 11.7. The summed E-state index contributed by atoms with van der Waals surface area (Å²) in [5, 5.41) is 2.80. The van der Waals surface area contributed by atoms with Crippen LogP contribution in [-0.2, 0) is 9.59 Å². The number of methoxy groups -OCH3 is 1. The molecule has 0 bridgehead atoms. The number of amides is 4. The Hall–Kier alpha value is -4.88. The molecule has 0 aromatic heterocycles. The Morgan fingerprint density at radius 1 is 0.818 bits per heavy atom. The summed E-state index contributed by atoms with van der Waals surface area (Å²) in [6.45, 7) is 1.85. The van der Waals surface area contributed by atoms with Gasteiger partial charge in [-0.15, -0.1) is 0 Å². The molecular formula is C36H30ClN3O4. The van der Waals surface area contributed by atoms with E-state index in [1.807, 2.05) is 48.5 Å². The van der Waals surface area contributed by atoms with Gasteiger partial charge in [-0.1, -0.05) is 72.3 Å². The van der Waals surface area contributed by atoms with Gasteiger partial charge in [0.05, 0.1) is 12.8 Å². The first-order valence-corrected chi connectivity index (χ1v) is 15.1. The number of hydrogen-bond donors (Lipinski definition) is 1. The molecule has 3 aliphatic heterocycles. The molecule has 7 rings (SSSR count). The van der Waals surface area contributed by atoms with Crippen molar-refractivity contribution in [2.75, 3.05) is 30.0 Å². The Bertz CT molecular complexity index is 1750. The molecule has 4 aromatic rings. The van der Waals surface area contributed by atoms with Crippen LogP contribution in [0, 0.1) is 0 Å². The van der Waals surface area contributed by atoms with Crippen LogP contribution < -0.4 is 19.9 Å². The number of rotatable bonds is 5. The van der Waals surface area contributed by atoms with Gasteiger partial charge in [0.1, 0.15) is 11.3 Å². The summed E-state index contributed by atoms with van der Waals surface area (Å²) in [5.74, 6) is -0.852. The van der Waals surface area contributed by atoms with Gasteiger partial charge in [0.2, 0.25) is 0 Å². The van der Waals surface area contributed by atoms with Crippen LogP contribution in [0.15, 0.2) is 96.6 Å². The second-order valence-electron chi connectivity index (χ2n) is 11.3. The Morgan fingerprint density at radius 3 is 1.98 bits per heavy atom. The molecule has 44 heavy (non-hydrogen) atoms. The van der Waals surface area contributed by atoms with Crippen molar-refractivity contribution in [1.82, 2.24) is 5.32 Å². The number of carbonyl (C=O) groups is 3. The number of imide groups is 2. The van der Waals surface area contributed by atoms with E-state index in [1.165, 1.54) is 30.0 Å². The Morgan fingerprint density at radius 2 is 1.41 bits per heavy atom. The lowest BCUT2D eigenvalue weighted by atomic mass is 9.76. The van der Waals surface area contributed by atoms with Crippen LogP contribution in [-0.4, -0.2) is 38.0 Å². The number of barbiturate groups is 1. The fourth-order valence-corrected chi connectivity index (χ4v) is 7.01. The molecule has 1 saturated heterocycles. The molecule has 7 nitrogen and oxygen atoms in total. The van der Waals surface area contributed by atoms with E-state index in [1.54, 1.807) is 18.2 Å². The highest BCUT2D eigenvalue weighted by molar-refractivity contribution is 6.39. The van der Waals surface area contributed by atoms with Gasteiger partial charge in [0.25, 0.3) is 11.8 Å². The topological polar surface area (TPSA) is 79.0 Å². The standard InChI is InChI=1S/C36H30ClN3O4/c1-44-32-13-12-25(37)18-24(32)19-31-34(41)38-36(43)40(35(31)42)26-20-29-27(22-8-4-2-5-9-22)14-16-39-17-15-28(30(21-26)33(29)39)23-10-6-3-7-11-23/h2-13,18-21,27-28H,14-17H2,1H3,(H,38,41,43)/b31-19+/t27-,28+. The Balaban J connectivity index is 1.40. The fourth-order valence-electron chi connectivity index (χ4n) is 6.83. The van der Waals surface area contributed by atoms with Crippen molar-refractivity contribution in [1.29, 1.82) is 0 Å². The van der Waals surface area contributed by atoms with E-state index in [-0.39, 0.29) is 17.4 Å². The molecular weight excluding hydrogens is 574 g/mol. The lowest BCUT2D eigenvalue weighted by Crippen LogP contribution is -2.54. The van der Waals surface area contributed by atoms with Crippen molar-refractivity contribution < 1.29 is 19.1 Å².